The zero-order valence-corrected chi connectivity index (χ0v) is 28.5. The van der Waals surface area contributed by atoms with Gasteiger partial charge in [0.25, 0.3) is 5.91 Å². The van der Waals surface area contributed by atoms with Gasteiger partial charge in [-0.05, 0) is 76.6 Å². The van der Waals surface area contributed by atoms with E-state index >= 15 is 0 Å². The molecule has 3 fully saturated rings. The van der Waals surface area contributed by atoms with Gasteiger partial charge in [0, 0.05) is 63.1 Å². The molecule has 0 aliphatic carbocycles. The van der Waals surface area contributed by atoms with Crippen LogP contribution < -0.4 is 4.90 Å². The molecule has 250 valence electrons. The molecule has 0 spiro atoms. The van der Waals surface area contributed by atoms with Crippen LogP contribution in [0.1, 0.15) is 78.3 Å². The fourth-order valence-corrected chi connectivity index (χ4v) is 7.65. The quantitative estimate of drug-likeness (QED) is 0.335. The van der Waals surface area contributed by atoms with Gasteiger partial charge in [0.05, 0.1) is 36.1 Å². The Labute approximate surface area is 279 Å². The summed E-state index contributed by atoms with van der Waals surface area (Å²) in [7, 11) is 0. The first-order valence-corrected chi connectivity index (χ1v) is 17.3. The molecule has 1 atom stereocenters. The molecule has 2 aromatic carbocycles. The molecule has 1 unspecified atom stereocenters. The summed E-state index contributed by atoms with van der Waals surface area (Å²) in [5.41, 5.74) is 5.80. The Kier molecular flexibility index (Phi) is 10.2. The fraction of sp³-hybridized carbons (Fsp3) is 0.526. The molecule has 1 aromatic heterocycles. The Hall–Kier alpha value is -3.82. The maximum absolute atomic E-state index is 13.4. The average Bonchev–Trinajstić information content (AvgIpc) is 3.11. The summed E-state index contributed by atoms with van der Waals surface area (Å²) in [5.74, 6) is 0.0610. The number of benzene rings is 2. The monoisotopic (exact) mass is 638 g/mol. The molecule has 0 N–H and O–H groups in total. The molecular weight excluding hydrogens is 588 g/mol. The van der Waals surface area contributed by atoms with Crippen LogP contribution in [0.5, 0.6) is 0 Å². The van der Waals surface area contributed by atoms with Crippen molar-refractivity contribution in [2.75, 3.05) is 57.4 Å². The molecule has 0 bridgehead atoms. The van der Waals surface area contributed by atoms with Crippen molar-refractivity contribution < 1.29 is 14.3 Å². The third kappa shape index (κ3) is 7.36. The second-order valence-corrected chi connectivity index (χ2v) is 13.8. The van der Waals surface area contributed by atoms with Gasteiger partial charge in [0.1, 0.15) is 6.33 Å². The number of aryl methyl sites for hydroxylation is 2. The van der Waals surface area contributed by atoms with Crippen molar-refractivity contribution >= 4 is 17.5 Å². The van der Waals surface area contributed by atoms with Gasteiger partial charge in [-0.3, -0.25) is 14.5 Å². The lowest BCUT2D eigenvalue weighted by Crippen LogP contribution is -2.58. The smallest absolute Gasteiger partial charge is 0.257 e. The Morgan fingerprint density at radius 3 is 2.11 bits per heavy atom. The first-order valence-electron chi connectivity index (χ1n) is 17.3. The Bertz CT molecular complexity index is 1490. The van der Waals surface area contributed by atoms with Crippen molar-refractivity contribution in [3.8, 4) is 0 Å². The summed E-state index contributed by atoms with van der Waals surface area (Å²) in [6, 6.07) is 19.8. The SMILES string of the molecule is Cc1ncnc(C)c1C(=O)N1CCC(C)(N2CCC(N(Cc3ccccc3)c3ccc(C(C)C(=O)N4CCOCC4)cc3)CC2)CC1. The van der Waals surface area contributed by atoms with Crippen molar-refractivity contribution in [3.05, 3.63) is 89.0 Å². The van der Waals surface area contributed by atoms with Crippen molar-refractivity contribution in [1.82, 2.24) is 24.7 Å². The number of carbonyl (C=O) groups is 2. The Morgan fingerprint density at radius 2 is 1.49 bits per heavy atom. The predicted molar refractivity (Wildman–Crippen MR) is 185 cm³/mol. The molecular formula is C38H50N6O3. The standard InChI is InChI=1S/C38H50N6O3/c1-28(36(45)42-22-24-47-25-23-42)32-10-12-33(13-11-32)44(26-31-8-6-5-7-9-31)34-14-18-43(19-15-34)38(4)16-20-41(21-17-38)37(46)35-29(2)39-27-40-30(35)3/h5-13,27-28,34H,14-26H2,1-4H3. The van der Waals surface area contributed by atoms with Crippen LogP contribution in [0.3, 0.4) is 0 Å². The number of piperidine rings is 2. The summed E-state index contributed by atoms with van der Waals surface area (Å²) >= 11 is 0. The molecule has 6 rings (SSSR count). The number of hydrogen-bond acceptors (Lipinski definition) is 7. The number of ether oxygens (including phenoxy) is 1. The van der Waals surface area contributed by atoms with E-state index in [9.17, 15) is 9.59 Å². The molecule has 0 saturated carbocycles. The van der Waals surface area contributed by atoms with Crippen LogP contribution in [-0.2, 0) is 16.1 Å². The summed E-state index contributed by atoms with van der Waals surface area (Å²) in [5, 5.41) is 0. The predicted octanol–water partition coefficient (Wildman–Crippen LogP) is 5.22. The van der Waals surface area contributed by atoms with Crippen molar-refractivity contribution in [2.24, 2.45) is 0 Å². The van der Waals surface area contributed by atoms with Crippen molar-refractivity contribution in [3.63, 3.8) is 0 Å². The molecule has 0 radical (unpaired) electrons. The minimum Gasteiger partial charge on any atom is -0.378 e. The molecule has 4 heterocycles. The van der Waals surface area contributed by atoms with Gasteiger partial charge in [-0.25, -0.2) is 9.97 Å². The summed E-state index contributed by atoms with van der Waals surface area (Å²) < 4.78 is 5.45. The van der Waals surface area contributed by atoms with E-state index in [2.05, 4.69) is 81.3 Å². The second-order valence-electron chi connectivity index (χ2n) is 13.8. The molecule has 3 saturated heterocycles. The van der Waals surface area contributed by atoms with E-state index in [1.165, 1.54) is 17.6 Å². The zero-order chi connectivity index (χ0) is 33.0. The fourth-order valence-electron chi connectivity index (χ4n) is 7.65. The number of hydrogen-bond donors (Lipinski definition) is 0. The number of nitrogens with zero attached hydrogens (tertiary/aromatic N) is 6. The number of carbonyl (C=O) groups excluding carboxylic acids is 2. The van der Waals surface area contributed by atoms with Gasteiger partial charge in [-0.15, -0.1) is 0 Å². The maximum atomic E-state index is 13.4. The van der Waals surface area contributed by atoms with Crippen LogP contribution in [0.4, 0.5) is 5.69 Å². The van der Waals surface area contributed by atoms with Gasteiger partial charge in [0.2, 0.25) is 5.91 Å². The summed E-state index contributed by atoms with van der Waals surface area (Å²) in [6.45, 7) is 15.2. The van der Waals surface area contributed by atoms with E-state index in [1.54, 1.807) is 0 Å². The van der Waals surface area contributed by atoms with E-state index < -0.39 is 0 Å². The van der Waals surface area contributed by atoms with Gasteiger partial charge >= 0.3 is 0 Å². The molecule has 9 nitrogen and oxygen atoms in total. The number of rotatable bonds is 8. The van der Waals surface area contributed by atoms with E-state index in [4.69, 9.17) is 4.74 Å². The number of morpholine rings is 1. The van der Waals surface area contributed by atoms with Crippen LogP contribution in [-0.4, -0.2) is 101 Å². The molecule has 2 amide bonds. The third-order valence-corrected chi connectivity index (χ3v) is 10.9. The zero-order valence-electron chi connectivity index (χ0n) is 28.5. The van der Waals surface area contributed by atoms with Gasteiger partial charge in [-0.2, -0.15) is 0 Å². The lowest BCUT2D eigenvalue weighted by molar-refractivity contribution is -0.136. The highest BCUT2D eigenvalue weighted by Crippen LogP contribution is 2.35. The van der Waals surface area contributed by atoms with Crippen molar-refractivity contribution in [1.29, 1.82) is 0 Å². The number of anilines is 1. The summed E-state index contributed by atoms with van der Waals surface area (Å²) in [4.78, 5) is 44.3. The number of aromatic nitrogens is 2. The van der Waals surface area contributed by atoms with E-state index in [-0.39, 0.29) is 23.3 Å². The van der Waals surface area contributed by atoms with Gasteiger partial charge in [0.15, 0.2) is 0 Å². The molecule has 47 heavy (non-hydrogen) atoms. The minimum absolute atomic E-state index is 0.0591. The Morgan fingerprint density at radius 1 is 0.872 bits per heavy atom. The maximum Gasteiger partial charge on any atom is 0.257 e. The molecule has 3 aliphatic rings. The molecule has 3 aromatic rings. The largest absolute Gasteiger partial charge is 0.378 e. The normalized spacial score (nSPS) is 19.7. The van der Waals surface area contributed by atoms with Crippen LogP contribution in [0.25, 0.3) is 0 Å². The second kappa shape index (κ2) is 14.5. The number of likely N-dealkylation sites (tertiary alicyclic amines) is 2. The number of amides is 2. The average molecular weight is 639 g/mol. The first-order chi connectivity index (χ1) is 22.7. The van der Waals surface area contributed by atoms with Gasteiger partial charge in [-0.1, -0.05) is 42.5 Å². The van der Waals surface area contributed by atoms with Crippen LogP contribution in [0.2, 0.25) is 0 Å². The van der Waals surface area contributed by atoms with Crippen LogP contribution in [0.15, 0.2) is 60.9 Å². The first kappa shape index (κ1) is 33.1. The van der Waals surface area contributed by atoms with E-state index in [0.717, 1.165) is 75.4 Å². The van der Waals surface area contributed by atoms with Crippen LogP contribution >= 0.6 is 0 Å². The Balaban J connectivity index is 1.10. The highest BCUT2D eigenvalue weighted by Gasteiger charge is 2.40. The lowest BCUT2D eigenvalue weighted by atomic mass is 9.85. The molecule has 9 heteroatoms. The van der Waals surface area contributed by atoms with Crippen molar-refractivity contribution in [2.45, 2.75) is 77.4 Å². The topological polar surface area (TPSA) is 82.1 Å². The summed E-state index contributed by atoms with van der Waals surface area (Å²) in [6.07, 6.45) is 5.62. The lowest BCUT2D eigenvalue weighted by Gasteiger charge is -2.50. The highest BCUT2D eigenvalue weighted by atomic mass is 16.5. The van der Waals surface area contributed by atoms with E-state index in [0.29, 0.717) is 37.9 Å². The van der Waals surface area contributed by atoms with Crippen LogP contribution in [0, 0.1) is 13.8 Å². The highest BCUT2D eigenvalue weighted by molar-refractivity contribution is 5.96. The molecule has 3 aliphatic heterocycles. The van der Waals surface area contributed by atoms with Gasteiger partial charge < -0.3 is 19.4 Å². The minimum atomic E-state index is -0.176. The third-order valence-electron chi connectivity index (χ3n) is 10.9. The van der Waals surface area contributed by atoms with E-state index in [1.807, 2.05) is 30.6 Å².